The predicted molar refractivity (Wildman–Crippen MR) is 117 cm³/mol. The summed E-state index contributed by atoms with van der Waals surface area (Å²) in [7, 11) is 0. The van der Waals surface area contributed by atoms with Gasteiger partial charge in [0.1, 0.15) is 16.9 Å². The first-order valence-corrected chi connectivity index (χ1v) is 10.1. The van der Waals surface area contributed by atoms with Crippen LogP contribution >= 0.6 is 0 Å². The standard InChI is InChI=1S/C22H18N8O3/c1-11-12(2)27-18-16(19(23)25-8-17(18)26-11)4-3-13-5-14(7-24-6-13)20(31)28-22-30-29-21(33-22)15-9-32-10-15/h5-8,15H,9-10H2,1-2H3,(H2,23,25)(H,28,30,31). The van der Waals surface area contributed by atoms with Crippen molar-refractivity contribution in [1.82, 2.24) is 30.1 Å². The van der Waals surface area contributed by atoms with Crippen molar-refractivity contribution < 1.29 is 13.9 Å². The van der Waals surface area contributed by atoms with Crippen LogP contribution in [0.4, 0.5) is 11.8 Å². The minimum atomic E-state index is -0.450. The van der Waals surface area contributed by atoms with E-state index >= 15 is 0 Å². The molecule has 0 aromatic carbocycles. The second-order valence-corrected chi connectivity index (χ2v) is 7.49. The summed E-state index contributed by atoms with van der Waals surface area (Å²) in [6, 6.07) is 1.61. The molecule has 4 aromatic rings. The Morgan fingerprint density at radius 1 is 1.12 bits per heavy atom. The van der Waals surface area contributed by atoms with E-state index in [4.69, 9.17) is 14.9 Å². The first-order chi connectivity index (χ1) is 16.0. The fourth-order valence-corrected chi connectivity index (χ4v) is 3.10. The molecular weight excluding hydrogens is 424 g/mol. The van der Waals surface area contributed by atoms with E-state index in [9.17, 15) is 4.79 Å². The molecule has 0 unspecified atom stereocenters. The summed E-state index contributed by atoms with van der Waals surface area (Å²) in [6.07, 6.45) is 4.53. The predicted octanol–water partition coefficient (Wildman–Crippen LogP) is 1.77. The SMILES string of the molecule is Cc1nc2cnc(N)c(C#Cc3cncc(C(=O)Nc4nnc(C5COC5)o4)c3)c2nc1C. The molecule has 164 valence electrons. The quantitative estimate of drug-likeness (QED) is 0.448. The molecule has 5 heterocycles. The summed E-state index contributed by atoms with van der Waals surface area (Å²) in [5.74, 6) is 6.27. The Hall–Kier alpha value is -4.43. The minimum absolute atomic E-state index is 0.0113. The van der Waals surface area contributed by atoms with E-state index in [1.807, 2.05) is 13.8 Å². The topological polar surface area (TPSA) is 155 Å². The Labute approximate surface area is 187 Å². The molecule has 0 bridgehead atoms. The third-order valence-electron chi connectivity index (χ3n) is 5.13. The van der Waals surface area contributed by atoms with Gasteiger partial charge in [-0.15, -0.1) is 5.10 Å². The van der Waals surface area contributed by atoms with Crippen molar-refractivity contribution in [3.63, 3.8) is 0 Å². The van der Waals surface area contributed by atoms with E-state index in [0.29, 0.717) is 41.3 Å². The van der Waals surface area contributed by atoms with Crippen molar-refractivity contribution in [1.29, 1.82) is 0 Å². The number of hydrogen-bond donors (Lipinski definition) is 2. The van der Waals surface area contributed by atoms with Gasteiger partial charge in [0, 0.05) is 18.0 Å². The lowest BCUT2D eigenvalue weighted by atomic mass is 10.1. The summed E-state index contributed by atoms with van der Waals surface area (Å²) in [5.41, 5.74) is 10.1. The van der Waals surface area contributed by atoms with Gasteiger partial charge in [-0.2, -0.15) is 0 Å². The maximum Gasteiger partial charge on any atom is 0.322 e. The van der Waals surface area contributed by atoms with Crippen molar-refractivity contribution in [3.8, 4) is 11.8 Å². The van der Waals surface area contributed by atoms with Crippen molar-refractivity contribution in [3.05, 3.63) is 58.6 Å². The fraction of sp³-hybridized carbons (Fsp3) is 0.227. The molecular formula is C22H18N8O3. The first kappa shape index (κ1) is 20.5. The number of carbonyl (C=O) groups excluding carboxylic acids is 1. The highest BCUT2D eigenvalue weighted by Crippen LogP contribution is 2.24. The molecule has 1 saturated heterocycles. The van der Waals surface area contributed by atoms with Gasteiger partial charge >= 0.3 is 6.01 Å². The third-order valence-corrected chi connectivity index (χ3v) is 5.13. The number of nitrogens with zero attached hydrogens (tertiary/aromatic N) is 6. The van der Waals surface area contributed by atoms with Gasteiger partial charge in [0.05, 0.1) is 47.8 Å². The number of carbonyl (C=O) groups is 1. The van der Waals surface area contributed by atoms with E-state index in [0.717, 1.165) is 11.4 Å². The van der Waals surface area contributed by atoms with E-state index < -0.39 is 5.91 Å². The number of ether oxygens (including phenoxy) is 1. The number of aryl methyl sites for hydroxylation is 2. The number of amides is 1. The van der Waals surface area contributed by atoms with Crippen molar-refractivity contribution in [2.75, 3.05) is 24.3 Å². The monoisotopic (exact) mass is 442 g/mol. The molecule has 1 aliphatic heterocycles. The minimum Gasteiger partial charge on any atom is -0.407 e. The summed E-state index contributed by atoms with van der Waals surface area (Å²) in [4.78, 5) is 29.9. The average Bonchev–Trinajstić information content (AvgIpc) is 3.21. The number of nitrogens with two attached hydrogens (primary N) is 1. The molecule has 3 N–H and O–H groups in total. The lowest BCUT2D eigenvalue weighted by molar-refractivity contribution is -0.00214. The second-order valence-electron chi connectivity index (χ2n) is 7.49. The van der Waals surface area contributed by atoms with Crippen molar-refractivity contribution in [2.45, 2.75) is 19.8 Å². The highest BCUT2D eigenvalue weighted by Gasteiger charge is 2.26. The van der Waals surface area contributed by atoms with Crippen LogP contribution in [0.1, 0.15) is 44.7 Å². The fourth-order valence-electron chi connectivity index (χ4n) is 3.10. The number of anilines is 2. The van der Waals surface area contributed by atoms with Crippen LogP contribution in [0.5, 0.6) is 0 Å². The summed E-state index contributed by atoms with van der Waals surface area (Å²) in [6.45, 7) is 4.81. The molecule has 0 saturated carbocycles. The Morgan fingerprint density at radius 2 is 1.94 bits per heavy atom. The van der Waals surface area contributed by atoms with Crippen LogP contribution in [0.3, 0.4) is 0 Å². The number of fused-ring (bicyclic) bond motifs is 1. The van der Waals surface area contributed by atoms with Crippen LogP contribution in [-0.2, 0) is 4.74 Å². The average molecular weight is 442 g/mol. The highest BCUT2D eigenvalue weighted by molar-refractivity contribution is 6.03. The van der Waals surface area contributed by atoms with Crippen LogP contribution in [-0.4, -0.2) is 49.3 Å². The van der Waals surface area contributed by atoms with Crippen LogP contribution in [0, 0.1) is 25.7 Å². The van der Waals surface area contributed by atoms with Crippen molar-refractivity contribution in [2.24, 2.45) is 0 Å². The van der Waals surface area contributed by atoms with Gasteiger partial charge in [0.2, 0.25) is 5.89 Å². The van der Waals surface area contributed by atoms with Crippen LogP contribution in [0.15, 0.2) is 29.1 Å². The lowest BCUT2D eigenvalue weighted by Crippen LogP contribution is -2.25. The molecule has 1 fully saturated rings. The molecule has 0 atom stereocenters. The molecule has 11 heteroatoms. The van der Waals surface area contributed by atoms with E-state index in [1.165, 1.54) is 6.20 Å². The molecule has 0 spiro atoms. The molecule has 0 aliphatic carbocycles. The number of aromatic nitrogens is 6. The number of hydrogen-bond acceptors (Lipinski definition) is 10. The Balaban J connectivity index is 1.39. The van der Waals surface area contributed by atoms with Crippen LogP contribution in [0.25, 0.3) is 11.0 Å². The zero-order chi connectivity index (χ0) is 22.9. The molecule has 1 amide bonds. The van der Waals surface area contributed by atoms with Gasteiger partial charge in [0.25, 0.3) is 5.91 Å². The first-order valence-electron chi connectivity index (χ1n) is 10.1. The Bertz CT molecular complexity index is 1450. The van der Waals surface area contributed by atoms with Gasteiger partial charge in [-0.05, 0) is 19.9 Å². The molecule has 33 heavy (non-hydrogen) atoms. The van der Waals surface area contributed by atoms with Gasteiger partial charge in [-0.25, -0.2) is 15.0 Å². The Kier molecular flexibility index (Phi) is 5.12. The zero-order valence-corrected chi connectivity index (χ0v) is 17.8. The van der Waals surface area contributed by atoms with Crippen LogP contribution in [0.2, 0.25) is 0 Å². The lowest BCUT2D eigenvalue weighted by Gasteiger charge is -2.21. The van der Waals surface area contributed by atoms with Crippen LogP contribution < -0.4 is 11.1 Å². The molecule has 4 aromatic heterocycles. The number of nitrogens with one attached hydrogen (secondary N) is 1. The second kappa shape index (κ2) is 8.25. The number of pyridine rings is 2. The van der Waals surface area contributed by atoms with Gasteiger partial charge in [-0.3, -0.25) is 15.1 Å². The maximum absolute atomic E-state index is 12.6. The number of nitrogen functional groups attached to an aromatic ring is 1. The Morgan fingerprint density at radius 3 is 2.73 bits per heavy atom. The van der Waals surface area contributed by atoms with E-state index in [1.54, 1.807) is 18.5 Å². The summed E-state index contributed by atoms with van der Waals surface area (Å²) >= 11 is 0. The third kappa shape index (κ3) is 4.07. The van der Waals surface area contributed by atoms with E-state index in [2.05, 4.69) is 47.3 Å². The van der Waals surface area contributed by atoms with Gasteiger partial charge < -0.3 is 14.9 Å². The maximum atomic E-state index is 12.6. The largest absolute Gasteiger partial charge is 0.407 e. The zero-order valence-electron chi connectivity index (χ0n) is 17.8. The number of rotatable bonds is 3. The van der Waals surface area contributed by atoms with Gasteiger partial charge in [0.15, 0.2) is 0 Å². The molecule has 11 nitrogen and oxygen atoms in total. The normalized spacial score (nSPS) is 13.3. The molecule has 0 radical (unpaired) electrons. The summed E-state index contributed by atoms with van der Waals surface area (Å²) < 4.78 is 10.6. The summed E-state index contributed by atoms with van der Waals surface area (Å²) in [5, 5.41) is 10.4. The smallest absolute Gasteiger partial charge is 0.322 e. The molecule has 5 rings (SSSR count). The van der Waals surface area contributed by atoms with Gasteiger partial charge in [-0.1, -0.05) is 16.9 Å². The van der Waals surface area contributed by atoms with Crippen molar-refractivity contribution >= 4 is 28.8 Å². The van der Waals surface area contributed by atoms with E-state index in [-0.39, 0.29) is 23.3 Å². The highest BCUT2D eigenvalue weighted by atomic mass is 16.5. The molecule has 1 aliphatic rings.